The lowest BCUT2D eigenvalue weighted by atomic mass is 10.2. The molecule has 23 heavy (non-hydrogen) atoms. The first-order valence-electron chi connectivity index (χ1n) is 6.51. The van der Waals surface area contributed by atoms with Crippen LogP contribution in [0.1, 0.15) is 11.1 Å². The van der Waals surface area contributed by atoms with E-state index in [1.807, 2.05) is 0 Å². The number of nitrogens with zero attached hydrogens (tertiary/aromatic N) is 2. The van der Waals surface area contributed by atoms with Gasteiger partial charge in [0, 0.05) is 29.5 Å². The molecule has 0 saturated heterocycles. The van der Waals surface area contributed by atoms with Crippen LogP contribution in [-0.4, -0.2) is 23.0 Å². The number of nitrogens with one attached hydrogen (secondary N) is 2. The molecule has 0 atom stereocenters. The molecule has 2 rings (SSSR count). The summed E-state index contributed by atoms with van der Waals surface area (Å²) in [5.41, 5.74) is 3.52. The Labute approximate surface area is 142 Å². The molecule has 0 fully saturated rings. The summed E-state index contributed by atoms with van der Waals surface area (Å²) in [6.45, 7) is 0.224. The predicted octanol–water partition coefficient (Wildman–Crippen LogP) is 2.15. The highest BCUT2D eigenvalue weighted by Crippen LogP contribution is 2.19. The van der Waals surface area contributed by atoms with Gasteiger partial charge in [0.15, 0.2) is 0 Å². The van der Waals surface area contributed by atoms with Gasteiger partial charge in [-0.15, -0.1) is 0 Å². The third-order valence-corrected chi connectivity index (χ3v) is 3.30. The fourth-order valence-electron chi connectivity index (χ4n) is 1.58. The van der Waals surface area contributed by atoms with Gasteiger partial charge in [0.2, 0.25) is 0 Å². The number of amides is 2. The molecule has 0 saturated carbocycles. The lowest BCUT2D eigenvalue weighted by molar-refractivity contribution is -0.139. The van der Waals surface area contributed by atoms with Crippen molar-refractivity contribution in [1.29, 1.82) is 0 Å². The molecule has 6 nitrogen and oxygen atoms in total. The molecule has 0 spiro atoms. The van der Waals surface area contributed by atoms with Crippen LogP contribution in [0.15, 0.2) is 47.8 Å². The van der Waals surface area contributed by atoms with Crippen LogP contribution >= 0.6 is 23.2 Å². The molecule has 2 N–H and O–H groups in total. The summed E-state index contributed by atoms with van der Waals surface area (Å²) in [7, 11) is 0. The van der Waals surface area contributed by atoms with Crippen molar-refractivity contribution in [2.45, 2.75) is 6.54 Å². The van der Waals surface area contributed by atoms with Crippen molar-refractivity contribution in [3.8, 4) is 0 Å². The molecule has 8 heteroatoms. The van der Waals surface area contributed by atoms with Crippen LogP contribution in [0.5, 0.6) is 0 Å². The Bertz CT molecular complexity index is 736. The summed E-state index contributed by atoms with van der Waals surface area (Å²) in [4.78, 5) is 27.1. The Morgan fingerprint density at radius 2 is 1.87 bits per heavy atom. The van der Waals surface area contributed by atoms with E-state index in [2.05, 4.69) is 20.8 Å². The molecule has 2 aromatic rings. The second-order valence-corrected chi connectivity index (χ2v) is 5.25. The minimum atomic E-state index is -0.875. The third kappa shape index (κ3) is 5.36. The average molecular weight is 351 g/mol. The Hall–Kier alpha value is -2.44. The second-order valence-electron chi connectivity index (χ2n) is 4.40. The molecule has 1 heterocycles. The number of benzene rings is 1. The molecule has 1 aromatic heterocycles. The molecule has 0 bridgehead atoms. The summed E-state index contributed by atoms with van der Waals surface area (Å²) >= 11 is 11.7. The summed E-state index contributed by atoms with van der Waals surface area (Å²) in [6.07, 6.45) is 4.52. The van der Waals surface area contributed by atoms with E-state index >= 15 is 0 Å². The normalized spacial score (nSPS) is 10.5. The molecule has 0 radical (unpaired) electrons. The maximum absolute atomic E-state index is 11.6. The number of pyridine rings is 1. The van der Waals surface area contributed by atoms with Crippen LogP contribution in [0.2, 0.25) is 10.0 Å². The van der Waals surface area contributed by atoms with Gasteiger partial charge < -0.3 is 5.32 Å². The lowest BCUT2D eigenvalue weighted by Crippen LogP contribution is -2.37. The Kier molecular flexibility index (Phi) is 6.08. The molecular weight excluding hydrogens is 339 g/mol. The smallest absolute Gasteiger partial charge is 0.329 e. The van der Waals surface area contributed by atoms with E-state index in [0.717, 1.165) is 5.56 Å². The van der Waals surface area contributed by atoms with Gasteiger partial charge in [-0.1, -0.05) is 29.3 Å². The zero-order chi connectivity index (χ0) is 16.7. The number of hydrogen-bond donors (Lipinski definition) is 2. The van der Waals surface area contributed by atoms with Crippen molar-refractivity contribution in [1.82, 2.24) is 15.7 Å². The van der Waals surface area contributed by atoms with Crippen LogP contribution in [0.3, 0.4) is 0 Å². The number of halogens is 2. The van der Waals surface area contributed by atoms with E-state index in [9.17, 15) is 9.59 Å². The number of carbonyl (C=O) groups excluding carboxylic acids is 2. The van der Waals surface area contributed by atoms with E-state index in [0.29, 0.717) is 15.6 Å². The molecule has 0 unspecified atom stereocenters. The molecule has 0 aliphatic carbocycles. The van der Waals surface area contributed by atoms with Crippen molar-refractivity contribution >= 4 is 41.2 Å². The summed E-state index contributed by atoms with van der Waals surface area (Å²) in [6, 6.07) is 8.30. The highest BCUT2D eigenvalue weighted by molar-refractivity contribution is 6.36. The standard InChI is InChI=1S/C15H12Cl2N4O2/c16-12-2-1-11(13(17)7-12)9-20-21-15(23)14(22)19-8-10-3-5-18-6-4-10/h1-7,9H,8H2,(H,19,22)(H,21,23). The average Bonchev–Trinajstić information content (AvgIpc) is 2.55. The van der Waals surface area contributed by atoms with Crippen molar-refractivity contribution in [3.63, 3.8) is 0 Å². The molecule has 0 aliphatic heterocycles. The Morgan fingerprint density at radius 3 is 2.57 bits per heavy atom. The van der Waals surface area contributed by atoms with E-state index in [4.69, 9.17) is 23.2 Å². The highest BCUT2D eigenvalue weighted by Gasteiger charge is 2.11. The van der Waals surface area contributed by atoms with Crippen molar-refractivity contribution in [2.24, 2.45) is 5.10 Å². The van der Waals surface area contributed by atoms with Gasteiger partial charge in [-0.3, -0.25) is 14.6 Å². The van der Waals surface area contributed by atoms with Gasteiger partial charge in [-0.25, -0.2) is 5.43 Å². The second kappa shape index (κ2) is 8.26. The number of aromatic nitrogens is 1. The van der Waals surface area contributed by atoms with Crippen LogP contribution in [0, 0.1) is 0 Å². The topological polar surface area (TPSA) is 83.5 Å². The van der Waals surface area contributed by atoms with Crippen molar-refractivity contribution < 1.29 is 9.59 Å². The monoisotopic (exact) mass is 350 g/mol. The van der Waals surface area contributed by atoms with Gasteiger partial charge in [-0.2, -0.15) is 5.10 Å². The van der Waals surface area contributed by atoms with Gasteiger partial charge >= 0.3 is 11.8 Å². The number of hydrazone groups is 1. The molecule has 1 aromatic carbocycles. The number of rotatable bonds is 4. The maximum Gasteiger partial charge on any atom is 0.329 e. The van der Waals surface area contributed by atoms with E-state index in [-0.39, 0.29) is 6.54 Å². The van der Waals surface area contributed by atoms with Crippen LogP contribution < -0.4 is 10.7 Å². The number of hydrogen-bond acceptors (Lipinski definition) is 4. The van der Waals surface area contributed by atoms with Gasteiger partial charge in [0.1, 0.15) is 0 Å². The van der Waals surface area contributed by atoms with Crippen molar-refractivity contribution in [3.05, 3.63) is 63.9 Å². The minimum absolute atomic E-state index is 0.224. The summed E-state index contributed by atoms with van der Waals surface area (Å²) < 4.78 is 0. The first kappa shape index (κ1) is 16.9. The summed E-state index contributed by atoms with van der Waals surface area (Å²) in [5.74, 6) is -1.67. The van der Waals surface area contributed by atoms with Gasteiger partial charge in [0.05, 0.1) is 11.2 Å². The molecule has 0 aliphatic rings. The fourth-order valence-corrected chi connectivity index (χ4v) is 2.04. The van der Waals surface area contributed by atoms with Crippen LogP contribution in [0.25, 0.3) is 0 Å². The Morgan fingerprint density at radius 1 is 1.13 bits per heavy atom. The fraction of sp³-hybridized carbons (Fsp3) is 0.0667. The maximum atomic E-state index is 11.6. The largest absolute Gasteiger partial charge is 0.344 e. The van der Waals surface area contributed by atoms with Gasteiger partial charge in [0.25, 0.3) is 0 Å². The lowest BCUT2D eigenvalue weighted by Gasteiger charge is -2.03. The molecular formula is C15H12Cl2N4O2. The first-order valence-corrected chi connectivity index (χ1v) is 7.27. The zero-order valence-corrected chi connectivity index (χ0v) is 13.3. The summed E-state index contributed by atoms with van der Waals surface area (Å²) in [5, 5.41) is 7.03. The third-order valence-electron chi connectivity index (χ3n) is 2.74. The van der Waals surface area contributed by atoms with E-state index in [1.54, 1.807) is 42.7 Å². The predicted molar refractivity (Wildman–Crippen MR) is 88.3 cm³/mol. The quantitative estimate of drug-likeness (QED) is 0.503. The number of carbonyl (C=O) groups is 2. The van der Waals surface area contributed by atoms with Crippen LogP contribution in [-0.2, 0) is 16.1 Å². The zero-order valence-electron chi connectivity index (χ0n) is 11.8. The SMILES string of the molecule is O=C(NCc1ccncc1)C(=O)NN=Cc1ccc(Cl)cc1Cl. The van der Waals surface area contributed by atoms with E-state index < -0.39 is 11.8 Å². The molecule has 2 amide bonds. The van der Waals surface area contributed by atoms with E-state index in [1.165, 1.54) is 6.21 Å². The first-order chi connectivity index (χ1) is 11.1. The highest BCUT2D eigenvalue weighted by atomic mass is 35.5. The van der Waals surface area contributed by atoms with Gasteiger partial charge in [-0.05, 0) is 29.8 Å². The molecule has 118 valence electrons. The minimum Gasteiger partial charge on any atom is -0.344 e. The van der Waals surface area contributed by atoms with Crippen LogP contribution in [0.4, 0.5) is 0 Å². The Balaban J connectivity index is 1.84. The van der Waals surface area contributed by atoms with Crippen molar-refractivity contribution in [2.75, 3.05) is 0 Å².